The standard InChI is InChI=1S/C60H92N8O12/c1-16-38(9)46-57(76)65(13)47(36(5)6)52(71)61-42(31-35(3)4)55(74)67(15)50(60(10,11)79)59(78)80-49(41(17-2)34-69)58(77)66(14)48(37(7)8)53(72)62-43(32-39-25-20-18-21-26-39)54(73)64(12)45(33-40-27-22-19-23-28-40)56(75)68-30-24-29-44(68)51(70)63-46/h18-23,25-28,35-38,41-50,69,79H,16-17,24,29-34H2,1-15H3,(H,61,71)(H,62,72)(H,63,70). The summed E-state index contributed by atoms with van der Waals surface area (Å²) < 4.78 is 6.02. The molecular weight excluding hydrogens is 1020 g/mol. The van der Waals surface area contributed by atoms with E-state index in [1.807, 2.05) is 39.0 Å². The fraction of sp³-hybridized carbons (Fsp3) is 0.650. The molecule has 20 heteroatoms. The molecule has 80 heavy (non-hydrogen) atoms. The first-order valence-electron chi connectivity index (χ1n) is 28.4. The lowest BCUT2D eigenvalue weighted by Gasteiger charge is -2.40. The molecule has 2 fully saturated rings. The van der Waals surface area contributed by atoms with E-state index in [1.165, 1.54) is 56.7 Å². The van der Waals surface area contributed by atoms with Crippen LogP contribution in [0.3, 0.4) is 0 Å². The van der Waals surface area contributed by atoms with Gasteiger partial charge in [-0.25, -0.2) is 4.79 Å². The zero-order valence-electron chi connectivity index (χ0n) is 49.9. The van der Waals surface area contributed by atoms with Crippen LogP contribution in [0.15, 0.2) is 60.7 Å². The average Bonchev–Trinajstić information content (AvgIpc) is 3.97. The van der Waals surface area contributed by atoms with Gasteiger partial charge in [0.25, 0.3) is 5.91 Å². The number of benzene rings is 2. The van der Waals surface area contributed by atoms with E-state index in [1.54, 1.807) is 84.0 Å². The molecule has 2 aromatic rings. The number of ether oxygens (including phenoxy) is 1. The van der Waals surface area contributed by atoms with Gasteiger partial charge in [0.1, 0.15) is 42.3 Å². The Morgan fingerprint density at radius 2 is 1.11 bits per heavy atom. The van der Waals surface area contributed by atoms with Crippen LogP contribution >= 0.6 is 0 Å². The van der Waals surface area contributed by atoms with Crippen LogP contribution in [0.2, 0.25) is 0 Å². The maximum Gasteiger partial charge on any atom is 0.332 e. The first-order chi connectivity index (χ1) is 37.5. The molecule has 2 heterocycles. The zero-order valence-corrected chi connectivity index (χ0v) is 49.9. The van der Waals surface area contributed by atoms with Crippen LogP contribution in [-0.2, 0) is 60.7 Å². The number of carbonyl (C=O) groups excluding carboxylic acids is 9. The van der Waals surface area contributed by atoms with Crippen LogP contribution in [0, 0.1) is 29.6 Å². The molecule has 11 atom stereocenters. The highest BCUT2D eigenvalue weighted by Gasteiger charge is 2.48. The first kappa shape index (κ1) is 66.1. The van der Waals surface area contributed by atoms with Crippen LogP contribution in [0.4, 0.5) is 0 Å². The van der Waals surface area contributed by atoms with Gasteiger partial charge in [-0.05, 0) is 74.3 Å². The minimum atomic E-state index is -2.04. The van der Waals surface area contributed by atoms with Crippen molar-refractivity contribution in [3.8, 4) is 0 Å². The van der Waals surface area contributed by atoms with Gasteiger partial charge in [-0.2, -0.15) is 0 Å². The normalized spacial score (nSPS) is 26.3. The van der Waals surface area contributed by atoms with Crippen LogP contribution in [0.25, 0.3) is 0 Å². The molecule has 8 amide bonds. The smallest absolute Gasteiger partial charge is 0.332 e. The number of fused-ring (bicyclic) bond motifs is 1. The fourth-order valence-corrected chi connectivity index (χ4v) is 11.1. The van der Waals surface area contributed by atoms with Crippen LogP contribution < -0.4 is 16.0 Å². The van der Waals surface area contributed by atoms with Crippen LogP contribution in [0.5, 0.6) is 0 Å². The highest BCUT2D eigenvalue weighted by Crippen LogP contribution is 2.27. The molecule has 0 spiro atoms. The van der Waals surface area contributed by atoms with Crippen molar-refractivity contribution < 1.29 is 58.1 Å². The van der Waals surface area contributed by atoms with Gasteiger partial charge in [0.05, 0.1) is 5.60 Å². The number of rotatable bonds is 14. The Bertz CT molecular complexity index is 2450. The molecule has 2 aliphatic heterocycles. The van der Waals surface area contributed by atoms with Crippen molar-refractivity contribution in [1.29, 1.82) is 0 Å². The van der Waals surface area contributed by atoms with E-state index in [0.29, 0.717) is 24.0 Å². The molecule has 2 aliphatic rings. The molecule has 20 nitrogen and oxygen atoms in total. The Kier molecular flexibility index (Phi) is 24.3. The lowest BCUT2D eigenvalue weighted by Crippen LogP contribution is -2.63. The van der Waals surface area contributed by atoms with E-state index in [0.717, 1.165) is 9.80 Å². The Hall–Kier alpha value is -6.41. The number of cyclic esters (lactones) is 1. The number of hydrogen-bond acceptors (Lipinski definition) is 12. The summed E-state index contributed by atoms with van der Waals surface area (Å²) in [7, 11) is 5.52. The maximum absolute atomic E-state index is 15.3. The van der Waals surface area contributed by atoms with E-state index < -0.39 is 144 Å². The molecule has 444 valence electrons. The molecule has 4 rings (SSSR count). The third kappa shape index (κ3) is 16.4. The monoisotopic (exact) mass is 1120 g/mol. The van der Waals surface area contributed by atoms with Gasteiger partial charge in [0, 0.05) is 60.1 Å². The summed E-state index contributed by atoms with van der Waals surface area (Å²) >= 11 is 0. The Morgan fingerprint density at radius 3 is 1.59 bits per heavy atom. The lowest BCUT2D eigenvalue weighted by atomic mass is 9.93. The van der Waals surface area contributed by atoms with Gasteiger partial charge in [-0.15, -0.1) is 0 Å². The van der Waals surface area contributed by atoms with Crippen molar-refractivity contribution in [2.24, 2.45) is 29.6 Å². The van der Waals surface area contributed by atoms with E-state index in [4.69, 9.17) is 4.74 Å². The number of nitrogens with zero attached hydrogens (tertiary/aromatic N) is 5. The minimum absolute atomic E-state index is 0.0271. The third-order valence-corrected chi connectivity index (χ3v) is 15.8. The Balaban J connectivity index is 1.99. The van der Waals surface area contributed by atoms with E-state index >= 15 is 9.59 Å². The zero-order chi connectivity index (χ0) is 60.1. The summed E-state index contributed by atoms with van der Waals surface area (Å²) in [5, 5.41) is 31.1. The highest BCUT2D eigenvalue weighted by atomic mass is 16.6. The largest absolute Gasteiger partial charge is 0.450 e. The summed E-state index contributed by atoms with van der Waals surface area (Å²) in [5.74, 6) is -9.62. The van der Waals surface area contributed by atoms with Crippen molar-refractivity contribution in [2.75, 3.05) is 41.3 Å². The van der Waals surface area contributed by atoms with Gasteiger partial charge in [-0.1, -0.05) is 129 Å². The number of likely N-dealkylation sites (N-methyl/N-ethyl adjacent to an activating group) is 4. The molecule has 0 aliphatic carbocycles. The average molecular weight is 1120 g/mol. The summed E-state index contributed by atoms with van der Waals surface area (Å²) in [6, 6.07) is 7.63. The first-order valence-corrected chi connectivity index (χ1v) is 28.4. The second-order valence-corrected chi connectivity index (χ2v) is 23.6. The molecule has 11 unspecified atom stereocenters. The molecule has 0 aromatic heterocycles. The van der Waals surface area contributed by atoms with E-state index in [9.17, 15) is 43.8 Å². The second kappa shape index (κ2) is 29.3. The van der Waals surface area contributed by atoms with Crippen LogP contribution in [-0.4, -0.2) is 189 Å². The van der Waals surface area contributed by atoms with Crippen molar-refractivity contribution in [1.82, 2.24) is 40.4 Å². The summed E-state index contributed by atoms with van der Waals surface area (Å²) in [5.41, 5.74) is -0.658. The number of aliphatic hydroxyl groups is 2. The predicted octanol–water partition coefficient (Wildman–Crippen LogP) is 3.34. The minimum Gasteiger partial charge on any atom is -0.450 e. The van der Waals surface area contributed by atoms with Gasteiger partial charge in [0.2, 0.25) is 41.4 Å². The van der Waals surface area contributed by atoms with Crippen molar-refractivity contribution in [3.05, 3.63) is 71.8 Å². The number of aliphatic hydroxyl groups excluding tert-OH is 1. The quantitative estimate of drug-likeness (QED) is 0.171. The number of amides is 8. The molecule has 5 N–H and O–H groups in total. The van der Waals surface area contributed by atoms with Crippen molar-refractivity contribution in [3.63, 3.8) is 0 Å². The summed E-state index contributed by atoms with van der Waals surface area (Å²) in [4.78, 5) is 140. The highest BCUT2D eigenvalue weighted by molar-refractivity contribution is 5.99. The Labute approximate surface area is 474 Å². The van der Waals surface area contributed by atoms with Crippen molar-refractivity contribution in [2.45, 2.75) is 181 Å². The molecule has 0 saturated carbocycles. The fourth-order valence-electron chi connectivity index (χ4n) is 11.1. The number of esters is 1. The summed E-state index contributed by atoms with van der Waals surface area (Å²) in [6.07, 6.45) is -0.485. The topological polar surface area (TPSA) is 256 Å². The van der Waals surface area contributed by atoms with Crippen LogP contribution in [0.1, 0.15) is 119 Å². The number of nitrogens with one attached hydrogen (secondary N) is 3. The van der Waals surface area contributed by atoms with Gasteiger partial charge < -0.3 is 55.4 Å². The molecule has 0 bridgehead atoms. The number of carbonyl (C=O) groups is 9. The maximum atomic E-state index is 15.3. The molecule has 2 aromatic carbocycles. The Morgan fingerprint density at radius 1 is 0.613 bits per heavy atom. The van der Waals surface area contributed by atoms with Gasteiger partial charge in [-0.3, -0.25) is 38.4 Å². The lowest BCUT2D eigenvalue weighted by molar-refractivity contribution is -0.178. The van der Waals surface area contributed by atoms with Crippen molar-refractivity contribution >= 4 is 53.2 Å². The second-order valence-electron chi connectivity index (χ2n) is 23.6. The predicted molar refractivity (Wildman–Crippen MR) is 303 cm³/mol. The van der Waals surface area contributed by atoms with E-state index in [-0.39, 0.29) is 44.6 Å². The van der Waals surface area contributed by atoms with E-state index in [2.05, 4.69) is 16.0 Å². The molecule has 0 radical (unpaired) electrons. The summed E-state index contributed by atoms with van der Waals surface area (Å²) in [6.45, 7) is 17.9. The number of hydrogen-bond donors (Lipinski definition) is 5. The van der Waals surface area contributed by atoms with Gasteiger partial charge >= 0.3 is 5.97 Å². The van der Waals surface area contributed by atoms with Gasteiger partial charge in [0.15, 0.2) is 12.1 Å². The SMILES string of the molecule is CCC(C)C1NC(=O)C2CCCN2C(=O)C(Cc2ccccc2)N(C)C(=O)C(Cc2ccccc2)NC(=O)C(C(C)C)N(C)C(=O)C(C(CC)CO)OC(=O)C(C(C)(C)O)N(C)C(=O)C(CC(C)C)NC(=O)C(C(C)C)N(C)C1=O. The molecular formula is C60H92N8O12. The molecule has 2 saturated heterocycles. The third-order valence-electron chi connectivity index (χ3n) is 15.8.